The van der Waals surface area contributed by atoms with Gasteiger partial charge < -0.3 is 25.2 Å². The highest BCUT2D eigenvalue weighted by Gasteiger charge is 2.32. The molecule has 1 aromatic rings. The van der Waals surface area contributed by atoms with Gasteiger partial charge in [0.2, 0.25) is 0 Å². The summed E-state index contributed by atoms with van der Waals surface area (Å²) in [5.74, 6) is 1.67. The third-order valence-electron chi connectivity index (χ3n) is 5.40. The third-order valence-corrected chi connectivity index (χ3v) is 5.40. The van der Waals surface area contributed by atoms with Crippen molar-refractivity contribution < 1.29 is 14.6 Å². The quantitative estimate of drug-likeness (QED) is 0.264. The summed E-state index contributed by atoms with van der Waals surface area (Å²) in [5, 5.41) is 16.6. The number of ether oxygens (including phenoxy) is 2. The van der Waals surface area contributed by atoms with Gasteiger partial charge in [-0.25, -0.2) is 4.99 Å². The van der Waals surface area contributed by atoms with Crippen LogP contribution in [0.4, 0.5) is 0 Å². The van der Waals surface area contributed by atoms with Gasteiger partial charge in [0.05, 0.1) is 19.3 Å². The summed E-state index contributed by atoms with van der Waals surface area (Å²) in [7, 11) is 0. The van der Waals surface area contributed by atoms with Crippen LogP contribution in [-0.4, -0.2) is 50.1 Å². The molecule has 29 heavy (non-hydrogen) atoms. The lowest BCUT2D eigenvalue weighted by Crippen LogP contribution is -2.47. The fourth-order valence-electron chi connectivity index (χ4n) is 3.17. The molecular weight excluding hydrogens is 481 g/mol. The van der Waals surface area contributed by atoms with E-state index in [1.165, 1.54) is 5.56 Å². The summed E-state index contributed by atoms with van der Waals surface area (Å²) >= 11 is 0. The molecule has 1 heterocycles. The minimum Gasteiger partial charge on any atom is -0.490 e. The second kappa shape index (κ2) is 13.3. The first-order valence-electron chi connectivity index (χ1n) is 10.5. The molecule has 1 fully saturated rings. The molecule has 1 aliphatic heterocycles. The Hall–Kier alpha value is -1.06. The molecule has 0 bridgehead atoms. The van der Waals surface area contributed by atoms with E-state index in [2.05, 4.69) is 56.5 Å². The van der Waals surface area contributed by atoms with Crippen LogP contribution in [0, 0.1) is 12.3 Å². The molecule has 7 heteroatoms. The number of rotatable bonds is 9. The summed E-state index contributed by atoms with van der Waals surface area (Å²) in [4.78, 5) is 4.76. The summed E-state index contributed by atoms with van der Waals surface area (Å²) < 4.78 is 11.6. The Bertz CT molecular complexity index is 634. The summed E-state index contributed by atoms with van der Waals surface area (Å²) in [6.07, 6.45) is 2.86. The number of aliphatic hydroxyl groups excluding tert-OH is 1. The molecular formula is C22H38IN3O3. The first-order chi connectivity index (χ1) is 13.5. The van der Waals surface area contributed by atoms with Gasteiger partial charge in [-0.2, -0.15) is 0 Å². The SMILES string of the molecule is CCNC(=NCc1ccc(C)cc1OC(C)CC)NCC1(CO)CCOCC1.I. The monoisotopic (exact) mass is 519 g/mol. The average molecular weight is 519 g/mol. The van der Waals surface area contributed by atoms with E-state index in [1.54, 1.807) is 0 Å². The molecule has 2 rings (SSSR count). The number of hydrogen-bond donors (Lipinski definition) is 3. The van der Waals surface area contributed by atoms with Crippen LogP contribution >= 0.6 is 24.0 Å². The maximum absolute atomic E-state index is 9.89. The van der Waals surface area contributed by atoms with Crippen LogP contribution in [0.15, 0.2) is 23.2 Å². The highest BCUT2D eigenvalue weighted by Crippen LogP contribution is 2.29. The molecule has 1 saturated heterocycles. The van der Waals surface area contributed by atoms with Crippen molar-refractivity contribution in [2.45, 2.75) is 59.6 Å². The molecule has 3 N–H and O–H groups in total. The van der Waals surface area contributed by atoms with E-state index in [0.717, 1.165) is 43.1 Å². The van der Waals surface area contributed by atoms with Crippen molar-refractivity contribution in [3.63, 3.8) is 0 Å². The summed E-state index contributed by atoms with van der Waals surface area (Å²) in [6, 6.07) is 6.27. The Morgan fingerprint density at radius 2 is 2.00 bits per heavy atom. The molecule has 1 aliphatic rings. The highest BCUT2D eigenvalue weighted by atomic mass is 127. The Balaban J connectivity index is 0.00000420. The van der Waals surface area contributed by atoms with Gasteiger partial charge in [-0.05, 0) is 51.7 Å². The van der Waals surface area contributed by atoms with Crippen LogP contribution < -0.4 is 15.4 Å². The predicted molar refractivity (Wildman–Crippen MR) is 129 cm³/mol. The normalized spacial score (nSPS) is 17.2. The van der Waals surface area contributed by atoms with E-state index in [-0.39, 0.29) is 42.1 Å². The second-order valence-corrected chi connectivity index (χ2v) is 7.77. The lowest BCUT2D eigenvalue weighted by Gasteiger charge is -2.36. The molecule has 1 unspecified atom stereocenters. The van der Waals surface area contributed by atoms with Crippen molar-refractivity contribution in [3.8, 4) is 5.75 Å². The largest absolute Gasteiger partial charge is 0.490 e. The number of benzene rings is 1. The molecule has 0 radical (unpaired) electrons. The van der Waals surface area contributed by atoms with Crippen LogP contribution in [0.2, 0.25) is 0 Å². The van der Waals surface area contributed by atoms with Gasteiger partial charge >= 0.3 is 0 Å². The molecule has 6 nitrogen and oxygen atoms in total. The number of halogens is 1. The maximum Gasteiger partial charge on any atom is 0.191 e. The number of nitrogens with one attached hydrogen (secondary N) is 2. The second-order valence-electron chi connectivity index (χ2n) is 7.77. The molecule has 0 spiro atoms. The fourth-order valence-corrected chi connectivity index (χ4v) is 3.17. The first-order valence-corrected chi connectivity index (χ1v) is 10.5. The summed E-state index contributed by atoms with van der Waals surface area (Å²) in [5.41, 5.74) is 2.12. The Kier molecular flexibility index (Phi) is 11.9. The molecule has 0 saturated carbocycles. The van der Waals surface area contributed by atoms with Crippen molar-refractivity contribution in [1.82, 2.24) is 10.6 Å². The van der Waals surface area contributed by atoms with E-state index < -0.39 is 0 Å². The average Bonchev–Trinajstić information content (AvgIpc) is 2.71. The third kappa shape index (κ3) is 8.30. The number of aryl methyl sites for hydroxylation is 1. The fraction of sp³-hybridized carbons (Fsp3) is 0.682. The number of aliphatic imine (C=N–C) groups is 1. The van der Waals surface area contributed by atoms with Crippen molar-refractivity contribution in [2.75, 3.05) is 32.9 Å². The van der Waals surface area contributed by atoms with E-state index in [4.69, 9.17) is 14.5 Å². The van der Waals surface area contributed by atoms with E-state index in [0.29, 0.717) is 26.3 Å². The first kappa shape index (κ1) is 26.0. The van der Waals surface area contributed by atoms with Crippen LogP contribution in [0.5, 0.6) is 5.75 Å². The Morgan fingerprint density at radius 1 is 1.28 bits per heavy atom. The van der Waals surface area contributed by atoms with Crippen LogP contribution in [0.1, 0.15) is 51.2 Å². The van der Waals surface area contributed by atoms with Gasteiger partial charge in [0, 0.05) is 37.3 Å². The maximum atomic E-state index is 9.89. The number of guanidine groups is 1. The molecule has 0 aliphatic carbocycles. The van der Waals surface area contributed by atoms with Gasteiger partial charge in [0.25, 0.3) is 0 Å². The predicted octanol–water partition coefficient (Wildman–Crippen LogP) is 3.63. The summed E-state index contributed by atoms with van der Waals surface area (Å²) in [6.45, 7) is 11.9. The van der Waals surface area contributed by atoms with Crippen LogP contribution in [0.3, 0.4) is 0 Å². The van der Waals surface area contributed by atoms with Crippen molar-refractivity contribution in [2.24, 2.45) is 10.4 Å². The topological polar surface area (TPSA) is 75.1 Å². The van der Waals surface area contributed by atoms with Gasteiger partial charge in [-0.15, -0.1) is 24.0 Å². The van der Waals surface area contributed by atoms with Gasteiger partial charge in [0.1, 0.15) is 5.75 Å². The minimum absolute atomic E-state index is 0. The molecule has 1 atom stereocenters. The Labute approximate surface area is 192 Å². The van der Waals surface area contributed by atoms with Gasteiger partial charge in [-0.3, -0.25) is 0 Å². The van der Waals surface area contributed by atoms with Gasteiger partial charge in [0.15, 0.2) is 5.96 Å². The van der Waals surface area contributed by atoms with Crippen molar-refractivity contribution >= 4 is 29.9 Å². The number of nitrogens with zero attached hydrogens (tertiary/aromatic N) is 1. The molecule has 0 amide bonds. The van der Waals surface area contributed by atoms with Crippen LogP contribution in [-0.2, 0) is 11.3 Å². The highest BCUT2D eigenvalue weighted by molar-refractivity contribution is 14.0. The number of hydrogen-bond acceptors (Lipinski definition) is 4. The van der Waals surface area contributed by atoms with E-state index in [1.807, 2.05) is 0 Å². The standard InChI is InChI=1S/C22H37N3O3.HI/c1-5-18(4)28-20-13-17(3)7-8-19(20)14-24-21(23-6-2)25-15-22(16-26)9-11-27-12-10-22;/h7-8,13,18,26H,5-6,9-12,14-16H2,1-4H3,(H2,23,24,25);1H. The molecule has 166 valence electrons. The van der Waals surface area contributed by atoms with Crippen molar-refractivity contribution in [1.29, 1.82) is 0 Å². The zero-order valence-corrected chi connectivity index (χ0v) is 20.6. The minimum atomic E-state index is -0.136. The van der Waals surface area contributed by atoms with Gasteiger partial charge in [-0.1, -0.05) is 19.1 Å². The van der Waals surface area contributed by atoms with E-state index in [9.17, 15) is 5.11 Å². The molecule has 0 aromatic heterocycles. The number of aliphatic hydroxyl groups is 1. The zero-order valence-electron chi connectivity index (χ0n) is 18.3. The van der Waals surface area contributed by atoms with E-state index >= 15 is 0 Å². The lowest BCUT2D eigenvalue weighted by atomic mass is 9.81. The lowest BCUT2D eigenvalue weighted by molar-refractivity contribution is -0.0131. The van der Waals surface area contributed by atoms with Crippen molar-refractivity contribution in [3.05, 3.63) is 29.3 Å². The van der Waals surface area contributed by atoms with Crippen LogP contribution in [0.25, 0.3) is 0 Å². The zero-order chi connectivity index (χ0) is 20.4. The molecule has 1 aromatic carbocycles. The Morgan fingerprint density at radius 3 is 2.62 bits per heavy atom. The smallest absolute Gasteiger partial charge is 0.191 e.